The normalized spacial score (nSPS) is 11.2. The summed E-state index contributed by atoms with van der Waals surface area (Å²) in [5.74, 6) is -0.358. The lowest BCUT2D eigenvalue weighted by Gasteiger charge is -2.13. The van der Waals surface area contributed by atoms with Gasteiger partial charge in [-0.2, -0.15) is 5.21 Å². The number of para-hydroxylation sites is 1. The van der Waals surface area contributed by atoms with Crippen LogP contribution in [0.3, 0.4) is 0 Å². The lowest BCUT2D eigenvalue weighted by atomic mass is 9.98. The van der Waals surface area contributed by atoms with Gasteiger partial charge in [-0.3, -0.25) is 0 Å². The maximum absolute atomic E-state index is 11.8. The summed E-state index contributed by atoms with van der Waals surface area (Å²) in [6.45, 7) is 2.69. The molecule has 0 amide bonds. The van der Waals surface area contributed by atoms with Crippen LogP contribution in [0.5, 0.6) is 0 Å². The third-order valence-electron chi connectivity index (χ3n) is 5.72. The number of carboxylic acid groups (broad SMARTS) is 1. The topological polar surface area (TPSA) is 96.7 Å². The number of aromatic carboxylic acids is 1. The first-order valence-corrected chi connectivity index (χ1v) is 10.4. The molecule has 5 rings (SSSR count). The van der Waals surface area contributed by atoms with E-state index in [2.05, 4.69) is 62.4 Å². The molecule has 2 heterocycles. The van der Waals surface area contributed by atoms with Crippen molar-refractivity contribution in [2.24, 2.45) is 0 Å². The fourth-order valence-corrected chi connectivity index (χ4v) is 4.20. The van der Waals surface area contributed by atoms with Crippen molar-refractivity contribution < 1.29 is 9.90 Å². The van der Waals surface area contributed by atoms with Gasteiger partial charge in [0.05, 0.1) is 11.1 Å². The Kier molecular flexibility index (Phi) is 4.99. The highest BCUT2D eigenvalue weighted by atomic mass is 16.4. The van der Waals surface area contributed by atoms with Gasteiger partial charge in [0.15, 0.2) is 0 Å². The van der Waals surface area contributed by atoms with Crippen LogP contribution in [-0.4, -0.2) is 36.3 Å². The molecule has 0 aliphatic rings. The van der Waals surface area contributed by atoms with Crippen LogP contribution in [0.4, 0.5) is 0 Å². The second-order valence-corrected chi connectivity index (χ2v) is 7.60. The zero-order valence-corrected chi connectivity index (χ0v) is 17.5. The summed E-state index contributed by atoms with van der Waals surface area (Å²) < 4.78 is 2.11. The molecule has 0 aliphatic carbocycles. The summed E-state index contributed by atoms with van der Waals surface area (Å²) in [5.41, 5.74) is 6.28. The number of fused-ring (bicyclic) bond motifs is 1. The fourth-order valence-electron chi connectivity index (χ4n) is 4.20. The smallest absolute Gasteiger partial charge is 0.337 e. The van der Waals surface area contributed by atoms with Gasteiger partial charge < -0.3 is 9.67 Å². The summed E-state index contributed by atoms with van der Waals surface area (Å²) in [4.78, 5) is 11.8. The van der Waals surface area contributed by atoms with Gasteiger partial charge in [-0.25, -0.2) is 4.79 Å². The highest BCUT2D eigenvalue weighted by molar-refractivity contribution is 6.02. The summed E-state index contributed by atoms with van der Waals surface area (Å²) in [6.07, 6.45) is 0.823. The molecular weight excluding hydrogens is 402 g/mol. The van der Waals surface area contributed by atoms with Crippen LogP contribution in [-0.2, 0) is 13.0 Å². The third kappa shape index (κ3) is 3.43. The molecule has 0 bridgehead atoms. The number of hydrogen-bond acceptors (Lipinski definition) is 4. The van der Waals surface area contributed by atoms with Gasteiger partial charge in [0.25, 0.3) is 0 Å². The lowest BCUT2D eigenvalue weighted by Crippen LogP contribution is -2.07. The zero-order chi connectivity index (χ0) is 22.1. The summed E-state index contributed by atoms with van der Waals surface area (Å²) in [7, 11) is 0. The standard InChI is InChI=1S/C25H21N5O2/c1-2-19-14-18-6-5-9-22(25(31)32)23(18)30(19)15-16-10-12-17(13-11-16)20-7-3-4-8-21(20)24-26-28-29-27-24/h3-14H,2,15H2,1H3,(H,31,32)(H,26,27,28,29). The Labute approximate surface area is 184 Å². The Balaban J connectivity index is 1.52. The number of carboxylic acids is 1. The number of benzene rings is 3. The van der Waals surface area contributed by atoms with Crippen molar-refractivity contribution in [1.29, 1.82) is 0 Å². The molecule has 7 nitrogen and oxygen atoms in total. The van der Waals surface area contributed by atoms with Gasteiger partial charge in [-0.05, 0) is 40.5 Å². The van der Waals surface area contributed by atoms with Gasteiger partial charge in [0, 0.05) is 23.2 Å². The number of nitrogens with zero attached hydrogens (tertiary/aromatic N) is 4. The molecular formula is C25H21N5O2. The van der Waals surface area contributed by atoms with E-state index in [1.54, 1.807) is 12.1 Å². The first kappa shape index (κ1) is 19.7. The molecule has 0 fully saturated rings. The Morgan fingerprint density at radius 3 is 2.47 bits per heavy atom. The molecule has 0 spiro atoms. The number of carbonyl (C=O) groups is 1. The predicted molar refractivity (Wildman–Crippen MR) is 122 cm³/mol. The number of aromatic amines is 1. The molecule has 0 saturated carbocycles. The number of aromatic nitrogens is 5. The monoisotopic (exact) mass is 423 g/mol. The number of nitrogens with one attached hydrogen (secondary N) is 1. The van der Waals surface area contributed by atoms with E-state index >= 15 is 0 Å². The molecule has 32 heavy (non-hydrogen) atoms. The molecule has 0 saturated heterocycles. The minimum absolute atomic E-state index is 0.327. The van der Waals surface area contributed by atoms with Crippen LogP contribution in [0.15, 0.2) is 72.8 Å². The van der Waals surface area contributed by atoms with E-state index in [-0.39, 0.29) is 0 Å². The van der Waals surface area contributed by atoms with Gasteiger partial charge >= 0.3 is 5.97 Å². The van der Waals surface area contributed by atoms with Gasteiger partial charge in [-0.1, -0.05) is 67.6 Å². The van der Waals surface area contributed by atoms with Crippen molar-refractivity contribution in [2.75, 3.05) is 0 Å². The van der Waals surface area contributed by atoms with Crippen molar-refractivity contribution in [3.63, 3.8) is 0 Å². The minimum Gasteiger partial charge on any atom is -0.478 e. The highest BCUT2D eigenvalue weighted by Crippen LogP contribution is 2.30. The van der Waals surface area contributed by atoms with Crippen LogP contribution in [0.2, 0.25) is 0 Å². The first-order valence-electron chi connectivity index (χ1n) is 10.4. The molecule has 7 heteroatoms. The largest absolute Gasteiger partial charge is 0.478 e. The summed E-state index contributed by atoms with van der Waals surface area (Å²) in [6, 6.07) is 23.8. The van der Waals surface area contributed by atoms with Gasteiger partial charge in [-0.15, -0.1) is 10.2 Å². The van der Waals surface area contributed by atoms with Crippen LogP contribution in [0, 0.1) is 0 Å². The van der Waals surface area contributed by atoms with E-state index in [1.165, 1.54) is 0 Å². The van der Waals surface area contributed by atoms with Gasteiger partial charge in [0.2, 0.25) is 5.82 Å². The Morgan fingerprint density at radius 2 is 1.78 bits per heavy atom. The second-order valence-electron chi connectivity index (χ2n) is 7.60. The molecule has 3 aromatic carbocycles. The molecule has 0 atom stereocenters. The van der Waals surface area contributed by atoms with E-state index < -0.39 is 5.97 Å². The second kappa shape index (κ2) is 8.11. The van der Waals surface area contributed by atoms with Gasteiger partial charge in [0.1, 0.15) is 0 Å². The quantitative estimate of drug-likeness (QED) is 0.409. The molecule has 158 valence electrons. The fraction of sp³-hybridized carbons (Fsp3) is 0.120. The number of aryl methyl sites for hydroxylation is 1. The maximum atomic E-state index is 11.8. The van der Waals surface area contributed by atoms with Crippen LogP contribution in [0.1, 0.15) is 28.5 Å². The minimum atomic E-state index is -0.911. The van der Waals surface area contributed by atoms with E-state index in [0.29, 0.717) is 17.9 Å². The van der Waals surface area contributed by atoms with Crippen molar-refractivity contribution in [3.05, 3.63) is 89.6 Å². The summed E-state index contributed by atoms with van der Waals surface area (Å²) in [5, 5.41) is 25.0. The maximum Gasteiger partial charge on any atom is 0.337 e. The molecule has 2 N–H and O–H groups in total. The Hall–Kier alpha value is -4.26. The van der Waals surface area contributed by atoms with E-state index in [4.69, 9.17) is 0 Å². The lowest BCUT2D eigenvalue weighted by molar-refractivity contribution is 0.0698. The van der Waals surface area contributed by atoms with Crippen molar-refractivity contribution >= 4 is 16.9 Å². The Morgan fingerprint density at radius 1 is 1.00 bits per heavy atom. The average Bonchev–Trinajstić information content (AvgIpc) is 3.48. The number of H-pyrrole nitrogens is 1. The number of hydrogen-bond donors (Lipinski definition) is 2. The SMILES string of the molecule is CCc1cc2cccc(C(=O)O)c2n1Cc1ccc(-c2ccccc2-c2nn[nH]n2)cc1. The first-order chi connectivity index (χ1) is 15.7. The van der Waals surface area contributed by atoms with E-state index in [9.17, 15) is 9.90 Å². The Bertz CT molecular complexity index is 1400. The number of tetrazole rings is 1. The molecule has 2 aromatic heterocycles. The van der Waals surface area contributed by atoms with E-state index in [0.717, 1.165) is 45.3 Å². The molecule has 0 radical (unpaired) electrons. The summed E-state index contributed by atoms with van der Waals surface area (Å²) >= 11 is 0. The van der Waals surface area contributed by atoms with Crippen LogP contribution < -0.4 is 0 Å². The van der Waals surface area contributed by atoms with Crippen LogP contribution >= 0.6 is 0 Å². The molecule has 0 unspecified atom stereocenters. The average molecular weight is 423 g/mol. The molecule has 0 aliphatic heterocycles. The number of rotatable bonds is 6. The third-order valence-corrected chi connectivity index (χ3v) is 5.72. The van der Waals surface area contributed by atoms with E-state index in [1.807, 2.05) is 30.3 Å². The zero-order valence-electron chi connectivity index (χ0n) is 17.5. The van der Waals surface area contributed by atoms with Crippen molar-refractivity contribution in [3.8, 4) is 22.5 Å². The predicted octanol–water partition coefficient (Wildman–Crippen LogP) is 4.80. The molecule has 5 aromatic rings. The van der Waals surface area contributed by atoms with Crippen molar-refractivity contribution in [1.82, 2.24) is 25.2 Å². The van der Waals surface area contributed by atoms with Crippen LogP contribution in [0.25, 0.3) is 33.4 Å². The van der Waals surface area contributed by atoms with Crippen molar-refractivity contribution in [2.45, 2.75) is 19.9 Å². The highest BCUT2D eigenvalue weighted by Gasteiger charge is 2.16.